The van der Waals surface area contributed by atoms with E-state index in [1.54, 1.807) is 21.3 Å². The predicted octanol–water partition coefficient (Wildman–Crippen LogP) is 3.77. The van der Waals surface area contributed by atoms with Crippen LogP contribution >= 0.6 is 0 Å². The lowest BCUT2D eigenvalue weighted by Gasteiger charge is -2.18. The fraction of sp³-hybridized carbons (Fsp3) is 0.647. The first-order chi connectivity index (χ1) is 10.2. The minimum atomic E-state index is 0.480. The highest BCUT2D eigenvalue weighted by Gasteiger charge is 2.14. The molecule has 0 aliphatic carbocycles. The molecule has 1 unspecified atom stereocenters. The van der Waals surface area contributed by atoms with Crippen molar-refractivity contribution in [3.8, 4) is 17.2 Å². The summed E-state index contributed by atoms with van der Waals surface area (Å²) in [6.45, 7) is 5.17. The fourth-order valence-corrected chi connectivity index (χ4v) is 2.33. The minimum Gasteiger partial charge on any atom is -0.496 e. The molecule has 4 nitrogen and oxygen atoms in total. The topological polar surface area (TPSA) is 39.7 Å². The van der Waals surface area contributed by atoms with Crippen molar-refractivity contribution in [1.82, 2.24) is 5.32 Å². The summed E-state index contributed by atoms with van der Waals surface area (Å²) in [6.07, 6.45) is 5.00. The van der Waals surface area contributed by atoms with Crippen molar-refractivity contribution >= 4 is 0 Å². The quantitative estimate of drug-likeness (QED) is 0.667. The van der Waals surface area contributed by atoms with Gasteiger partial charge in [0.15, 0.2) is 0 Å². The first-order valence-electron chi connectivity index (χ1n) is 7.68. The van der Waals surface area contributed by atoms with Crippen LogP contribution in [0.2, 0.25) is 0 Å². The van der Waals surface area contributed by atoms with E-state index in [0.29, 0.717) is 6.04 Å². The molecule has 1 rings (SSSR count). The smallest absolute Gasteiger partial charge is 0.130 e. The first-order valence-corrected chi connectivity index (χ1v) is 7.68. The van der Waals surface area contributed by atoms with Crippen molar-refractivity contribution in [1.29, 1.82) is 0 Å². The summed E-state index contributed by atoms with van der Waals surface area (Å²) in [7, 11) is 4.98. The fourth-order valence-electron chi connectivity index (χ4n) is 2.33. The van der Waals surface area contributed by atoms with Gasteiger partial charge in [0.05, 0.1) is 26.9 Å². The van der Waals surface area contributed by atoms with Crippen molar-refractivity contribution in [3.05, 3.63) is 17.7 Å². The Morgan fingerprint density at radius 3 is 2.10 bits per heavy atom. The van der Waals surface area contributed by atoms with Gasteiger partial charge in [0, 0.05) is 24.7 Å². The van der Waals surface area contributed by atoms with Crippen molar-refractivity contribution in [2.24, 2.45) is 0 Å². The Labute approximate surface area is 128 Å². The van der Waals surface area contributed by atoms with Gasteiger partial charge in [-0.25, -0.2) is 0 Å². The van der Waals surface area contributed by atoms with Crippen LogP contribution in [-0.2, 0) is 6.54 Å². The van der Waals surface area contributed by atoms with Crippen molar-refractivity contribution in [3.63, 3.8) is 0 Å². The van der Waals surface area contributed by atoms with Gasteiger partial charge in [-0.05, 0) is 13.3 Å². The lowest BCUT2D eigenvalue weighted by molar-refractivity contribution is 0.364. The van der Waals surface area contributed by atoms with E-state index < -0.39 is 0 Å². The van der Waals surface area contributed by atoms with Crippen LogP contribution in [0.3, 0.4) is 0 Å². The number of nitrogens with one attached hydrogen (secondary N) is 1. The molecule has 0 aromatic heterocycles. The number of ether oxygens (including phenoxy) is 3. The first kappa shape index (κ1) is 17.6. The van der Waals surface area contributed by atoms with E-state index in [-0.39, 0.29) is 0 Å². The molecule has 21 heavy (non-hydrogen) atoms. The Bertz CT molecular complexity index is 395. The number of benzene rings is 1. The third-order valence-corrected chi connectivity index (χ3v) is 3.69. The predicted molar refractivity (Wildman–Crippen MR) is 86.5 cm³/mol. The number of hydrogen-bond donors (Lipinski definition) is 1. The van der Waals surface area contributed by atoms with Gasteiger partial charge in [0.2, 0.25) is 0 Å². The second kappa shape index (κ2) is 9.50. The van der Waals surface area contributed by atoms with Crippen LogP contribution in [0.4, 0.5) is 0 Å². The summed E-state index contributed by atoms with van der Waals surface area (Å²) in [5.74, 6) is 2.32. The van der Waals surface area contributed by atoms with E-state index in [9.17, 15) is 0 Å². The molecule has 0 bridgehead atoms. The number of methoxy groups -OCH3 is 3. The largest absolute Gasteiger partial charge is 0.496 e. The lowest BCUT2D eigenvalue weighted by Crippen LogP contribution is -2.25. The Balaban J connectivity index is 2.72. The van der Waals surface area contributed by atoms with E-state index in [1.807, 2.05) is 12.1 Å². The van der Waals surface area contributed by atoms with Crippen LogP contribution in [0.25, 0.3) is 0 Å². The minimum absolute atomic E-state index is 0.480. The molecule has 0 radical (unpaired) electrons. The van der Waals surface area contributed by atoms with Gasteiger partial charge in [0.25, 0.3) is 0 Å². The van der Waals surface area contributed by atoms with E-state index in [0.717, 1.165) is 29.4 Å². The average Bonchev–Trinajstić information content (AvgIpc) is 2.52. The third kappa shape index (κ3) is 5.46. The highest BCUT2D eigenvalue weighted by atomic mass is 16.5. The zero-order valence-electron chi connectivity index (χ0n) is 14.0. The molecule has 4 heteroatoms. The van der Waals surface area contributed by atoms with Crippen LogP contribution in [0.1, 0.15) is 45.1 Å². The maximum Gasteiger partial charge on any atom is 0.130 e. The summed E-state index contributed by atoms with van der Waals surface area (Å²) in [5, 5.41) is 3.54. The van der Waals surface area contributed by atoms with E-state index >= 15 is 0 Å². The van der Waals surface area contributed by atoms with Crippen LogP contribution < -0.4 is 19.5 Å². The van der Waals surface area contributed by atoms with Gasteiger partial charge in [0.1, 0.15) is 17.2 Å². The molecule has 120 valence electrons. The summed E-state index contributed by atoms with van der Waals surface area (Å²) in [4.78, 5) is 0. The maximum absolute atomic E-state index is 5.46. The highest BCUT2D eigenvalue weighted by Crippen LogP contribution is 2.33. The molecule has 0 fully saturated rings. The van der Waals surface area contributed by atoms with Crippen LogP contribution in [0.15, 0.2) is 12.1 Å². The molecule has 0 spiro atoms. The van der Waals surface area contributed by atoms with Gasteiger partial charge < -0.3 is 19.5 Å². The zero-order valence-corrected chi connectivity index (χ0v) is 14.0. The molecule has 0 aliphatic rings. The third-order valence-electron chi connectivity index (χ3n) is 3.69. The van der Waals surface area contributed by atoms with E-state index in [1.165, 1.54) is 25.7 Å². The van der Waals surface area contributed by atoms with Gasteiger partial charge in [-0.15, -0.1) is 0 Å². The van der Waals surface area contributed by atoms with Crippen LogP contribution in [0, 0.1) is 0 Å². The summed E-state index contributed by atoms with van der Waals surface area (Å²) < 4.78 is 16.2. The van der Waals surface area contributed by atoms with Crippen molar-refractivity contribution < 1.29 is 14.2 Å². The molecule has 1 N–H and O–H groups in total. The van der Waals surface area contributed by atoms with Gasteiger partial charge in [-0.3, -0.25) is 0 Å². The van der Waals surface area contributed by atoms with E-state index in [2.05, 4.69) is 19.2 Å². The second-order valence-corrected chi connectivity index (χ2v) is 5.29. The highest BCUT2D eigenvalue weighted by molar-refractivity contribution is 5.50. The van der Waals surface area contributed by atoms with Gasteiger partial charge in [-0.2, -0.15) is 0 Å². The molecule has 0 heterocycles. The molecular weight excluding hydrogens is 266 g/mol. The molecule has 1 aromatic rings. The summed E-state index contributed by atoms with van der Waals surface area (Å²) >= 11 is 0. The molecule has 0 saturated carbocycles. The zero-order chi connectivity index (χ0) is 15.7. The number of hydrogen-bond acceptors (Lipinski definition) is 4. The monoisotopic (exact) mass is 295 g/mol. The average molecular weight is 295 g/mol. The van der Waals surface area contributed by atoms with Crippen molar-refractivity contribution in [2.75, 3.05) is 21.3 Å². The Hall–Kier alpha value is -1.42. The Morgan fingerprint density at radius 2 is 1.62 bits per heavy atom. The second-order valence-electron chi connectivity index (χ2n) is 5.29. The summed E-state index contributed by atoms with van der Waals surface area (Å²) in [5.41, 5.74) is 1.03. The molecule has 0 amide bonds. The van der Waals surface area contributed by atoms with Gasteiger partial charge >= 0.3 is 0 Å². The van der Waals surface area contributed by atoms with E-state index in [4.69, 9.17) is 14.2 Å². The Kier molecular flexibility index (Phi) is 7.98. The summed E-state index contributed by atoms with van der Waals surface area (Å²) in [6, 6.07) is 4.26. The molecular formula is C17H29NO3. The molecule has 0 saturated heterocycles. The van der Waals surface area contributed by atoms with Crippen molar-refractivity contribution in [2.45, 2.75) is 52.1 Å². The maximum atomic E-state index is 5.46. The number of unbranched alkanes of at least 4 members (excludes halogenated alkanes) is 2. The normalized spacial score (nSPS) is 12.0. The van der Waals surface area contributed by atoms with Gasteiger partial charge in [-0.1, -0.05) is 26.2 Å². The number of rotatable bonds is 10. The molecule has 1 aromatic carbocycles. The molecule has 1 atom stereocenters. The van der Waals surface area contributed by atoms with Crippen LogP contribution in [-0.4, -0.2) is 27.4 Å². The Morgan fingerprint density at radius 1 is 1.00 bits per heavy atom. The SMILES string of the molecule is CCCCCC(C)NCc1c(OC)cc(OC)cc1OC. The lowest BCUT2D eigenvalue weighted by atomic mass is 10.1. The van der Waals surface area contributed by atoms with Crippen LogP contribution in [0.5, 0.6) is 17.2 Å². The standard InChI is InChI=1S/C17H29NO3/c1-6-7-8-9-13(2)18-12-15-16(20-4)10-14(19-3)11-17(15)21-5/h10-11,13,18H,6-9,12H2,1-5H3. The molecule has 0 aliphatic heterocycles.